The number of ether oxygens (including phenoxy) is 3. The van der Waals surface area contributed by atoms with E-state index in [1.165, 1.54) is 7.11 Å². The van der Waals surface area contributed by atoms with Crippen molar-refractivity contribution in [1.82, 2.24) is 15.5 Å². The highest BCUT2D eigenvalue weighted by atomic mass is 16.6. The third-order valence-electron chi connectivity index (χ3n) is 6.81. The van der Waals surface area contributed by atoms with E-state index in [9.17, 15) is 19.2 Å². The van der Waals surface area contributed by atoms with Gasteiger partial charge in [0, 0.05) is 26.1 Å². The first-order chi connectivity index (χ1) is 19.5. The van der Waals surface area contributed by atoms with Gasteiger partial charge < -0.3 is 34.6 Å². The van der Waals surface area contributed by atoms with Gasteiger partial charge in [-0.15, -0.1) is 0 Å². The van der Waals surface area contributed by atoms with Gasteiger partial charge in [0.15, 0.2) is 0 Å². The molecular formula is C29H42N4O8. The number of benzene rings is 1. The molecule has 3 rings (SSSR count). The van der Waals surface area contributed by atoms with Crippen molar-refractivity contribution >= 4 is 29.8 Å². The molecule has 1 aromatic carbocycles. The number of nitrogens with one attached hydrogen (secondary N) is 2. The molecule has 226 valence electrons. The molecule has 2 aliphatic heterocycles. The third-order valence-corrected chi connectivity index (χ3v) is 6.81. The molecule has 1 saturated heterocycles. The zero-order valence-electron chi connectivity index (χ0n) is 24.4. The van der Waals surface area contributed by atoms with E-state index in [2.05, 4.69) is 15.8 Å². The fourth-order valence-electron chi connectivity index (χ4n) is 4.58. The average molecular weight is 575 g/mol. The molecule has 2 heterocycles. The molecule has 0 radical (unpaired) electrons. The van der Waals surface area contributed by atoms with Crippen molar-refractivity contribution in [1.29, 1.82) is 0 Å². The molecule has 0 saturated carbocycles. The molecule has 0 spiro atoms. The van der Waals surface area contributed by atoms with Gasteiger partial charge in [0.2, 0.25) is 5.91 Å². The van der Waals surface area contributed by atoms with Crippen LogP contribution in [0.3, 0.4) is 0 Å². The van der Waals surface area contributed by atoms with Crippen LogP contribution in [0.2, 0.25) is 0 Å². The number of likely N-dealkylation sites (tertiary alicyclic amines) is 1. The van der Waals surface area contributed by atoms with Gasteiger partial charge in [0.1, 0.15) is 24.4 Å². The van der Waals surface area contributed by atoms with Gasteiger partial charge in [-0.05, 0) is 57.9 Å². The Morgan fingerprint density at radius 3 is 2.49 bits per heavy atom. The topological polar surface area (TPSA) is 145 Å². The van der Waals surface area contributed by atoms with Gasteiger partial charge >= 0.3 is 18.2 Å². The Balaban J connectivity index is 1.32. The number of alkyl carbamates (subject to hydrolysis) is 1. The highest BCUT2D eigenvalue weighted by Gasteiger charge is 2.29. The number of esters is 1. The number of piperidine rings is 1. The minimum Gasteiger partial charge on any atom is -0.467 e. The van der Waals surface area contributed by atoms with E-state index < -0.39 is 23.7 Å². The molecule has 1 fully saturated rings. The van der Waals surface area contributed by atoms with Crippen LogP contribution in [0.15, 0.2) is 35.5 Å². The van der Waals surface area contributed by atoms with Crippen molar-refractivity contribution in [3.05, 3.63) is 35.9 Å². The predicted molar refractivity (Wildman–Crippen MR) is 150 cm³/mol. The second kappa shape index (κ2) is 15.2. The van der Waals surface area contributed by atoms with Crippen LogP contribution >= 0.6 is 0 Å². The van der Waals surface area contributed by atoms with E-state index in [0.717, 1.165) is 37.0 Å². The summed E-state index contributed by atoms with van der Waals surface area (Å²) >= 11 is 0. The number of nitrogens with zero attached hydrogens (tertiary/aromatic N) is 2. The van der Waals surface area contributed by atoms with Crippen LogP contribution in [0.25, 0.3) is 0 Å². The van der Waals surface area contributed by atoms with Crippen LogP contribution in [0.4, 0.5) is 9.59 Å². The summed E-state index contributed by atoms with van der Waals surface area (Å²) < 4.78 is 15.3. The fourth-order valence-corrected chi connectivity index (χ4v) is 4.58. The largest absolute Gasteiger partial charge is 0.467 e. The Morgan fingerprint density at radius 1 is 1.12 bits per heavy atom. The van der Waals surface area contributed by atoms with E-state index in [1.807, 2.05) is 51.1 Å². The van der Waals surface area contributed by atoms with Crippen molar-refractivity contribution in [3.63, 3.8) is 0 Å². The Kier molecular flexibility index (Phi) is 11.8. The molecule has 2 atom stereocenters. The van der Waals surface area contributed by atoms with Crippen molar-refractivity contribution in [3.8, 4) is 0 Å². The van der Waals surface area contributed by atoms with Gasteiger partial charge in [-0.2, -0.15) is 0 Å². The monoisotopic (exact) mass is 574 g/mol. The first-order valence-corrected chi connectivity index (χ1v) is 14.0. The molecule has 2 N–H and O–H groups in total. The molecule has 3 amide bonds. The fraction of sp³-hybridized carbons (Fsp3) is 0.621. The van der Waals surface area contributed by atoms with E-state index in [-0.39, 0.29) is 37.7 Å². The summed E-state index contributed by atoms with van der Waals surface area (Å²) in [6, 6.07) is 8.01. The maximum atomic E-state index is 12.5. The minimum absolute atomic E-state index is 0.0412. The minimum atomic E-state index is -1.11. The van der Waals surface area contributed by atoms with Gasteiger partial charge in [0.25, 0.3) is 0 Å². The number of oxime groups is 1. The van der Waals surface area contributed by atoms with Crippen molar-refractivity contribution in [2.45, 2.75) is 83.6 Å². The zero-order chi connectivity index (χ0) is 29.8. The van der Waals surface area contributed by atoms with Crippen LogP contribution in [-0.2, 0) is 35.2 Å². The second-order valence-corrected chi connectivity index (χ2v) is 11.3. The second-order valence-electron chi connectivity index (χ2n) is 11.3. The SMILES string of the molecule is COC(=O)[C@H](CNC(=O)CC1CC(CCC2CCN(C(=O)OC(C)(C)C)CC2)=NO1)NC(=O)OCc1ccccc1. The zero-order valence-corrected chi connectivity index (χ0v) is 24.4. The first kappa shape index (κ1) is 31.7. The van der Waals surface area contributed by atoms with Crippen molar-refractivity contribution < 1.29 is 38.2 Å². The Labute approximate surface area is 241 Å². The van der Waals surface area contributed by atoms with Crippen LogP contribution < -0.4 is 10.6 Å². The van der Waals surface area contributed by atoms with Crippen molar-refractivity contribution in [2.75, 3.05) is 26.7 Å². The van der Waals surface area contributed by atoms with Gasteiger partial charge in [0.05, 0.1) is 19.2 Å². The van der Waals surface area contributed by atoms with Crippen LogP contribution in [-0.4, -0.2) is 79.2 Å². The van der Waals surface area contributed by atoms with Crippen LogP contribution in [0, 0.1) is 5.92 Å². The summed E-state index contributed by atoms with van der Waals surface area (Å²) in [4.78, 5) is 56.3. The molecule has 0 aliphatic carbocycles. The lowest BCUT2D eigenvalue weighted by Crippen LogP contribution is -2.49. The van der Waals surface area contributed by atoms with Crippen LogP contribution in [0.5, 0.6) is 0 Å². The third kappa shape index (κ3) is 11.3. The van der Waals surface area contributed by atoms with Crippen molar-refractivity contribution in [2.24, 2.45) is 11.1 Å². The van der Waals surface area contributed by atoms with Crippen LogP contribution in [0.1, 0.15) is 64.9 Å². The molecule has 12 heteroatoms. The Hall–Kier alpha value is -3.83. The summed E-state index contributed by atoms with van der Waals surface area (Å²) in [7, 11) is 1.20. The number of hydrogen-bond donors (Lipinski definition) is 2. The Morgan fingerprint density at radius 2 is 1.83 bits per heavy atom. The van der Waals surface area contributed by atoms with Gasteiger partial charge in [-0.25, -0.2) is 14.4 Å². The standard InChI is InChI=1S/C29H42N4O8/c1-29(2,3)40-28(37)33-14-12-20(13-15-33)10-11-22-16-23(41-32-22)17-25(34)30-18-24(26(35)38-4)31-27(36)39-19-21-8-6-5-7-9-21/h5-9,20,23-24H,10-19H2,1-4H3,(H,30,34)(H,31,36)/t23?,24-/m0/s1. The van der Waals surface area contributed by atoms with E-state index in [0.29, 0.717) is 25.4 Å². The molecule has 1 unspecified atom stereocenters. The number of carbonyl (C=O) groups excluding carboxylic acids is 4. The molecule has 0 bridgehead atoms. The summed E-state index contributed by atoms with van der Waals surface area (Å²) in [5.74, 6) is -0.559. The molecule has 0 aromatic heterocycles. The lowest BCUT2D eigenvalue weighted by molar-refractivity contribution is -0.143. The van der Waals surface area contributed by atoms with Gasteiger partial charge in [-0.1, -0.05) is 35.5 Å². The van der Waals surface area contributed by atoms with E-state index >= 15 is 0 Å². The Bertz CT molecular complexity index is 1060. The summed E-state index contributed by atoms with van der Waals surface area (Å²) in [6.45, 7) is 6.83. The number of methoxy groups -OCH3 is 1. The van der Waals surface area contributed by atoms with E-state index in [1.54, 1.807) is 4.90 Å². The normalized spacial score (nSPS) is 18.0. The molecule has 12 nitrogen and oxygen atoms in total. The number of amides is 3. The maximum Gasteiger partial charge on any atom is 0.410 e. The smallest absolute Gasteiger partial charge is 0.410 e. The van der Waals surface area contributed by atoms with Gasteiger partial charge in [-0.3, -0.25) is 4.79 Å². The van der Waals surface area contributed by atoms with E-state index in [4.69, 9.17) is 19.0 Å². The lowest BCUT2D eigenvalue weighted by Gasteiger charge is -2.33. The highest BCUT2D eigenvalue weighted by molar-refractivity contribution is 5.87. The molecular weight excluding hydrogens is 532 g/mol. The average Bonchev–Trinajstić information content (AvgIpc) is 3.39. The number of rotatable bonds is 11. The lowest BCUT2D eigenvalue weighted by atomic mass is 9.90. The first-order valence-electron chi connectivity index (χ1n) is 14.0. The summed E-state index contributed by atoms with van der Waals surface area (Å²) in [5.41, 5.74) is 1.21. The maximum absolute atomic E-state index is 12.5. The quantitative estimate of drug-likeness (QED) is 0.302. The predicted octanol–water partition coefficient (Wildman–Crippen LogP) is 3.53. The highest BCUT2D eigenvalue weighted by Crippen LogP contribution is 2.26. The molecule has 1 aromatic rings. The molecule has 2 aliphatic rings. The summed E-state index contributed by atoms with van der Waals surface area (Å²) in [5, 5.41) is 9.24. The molecule has 41 heavy (non-hydrogen) atoms. The number of carbonyl (C=O) groups is 4. The number of hydrogen-bond acceptors (Lipinski definition) is 9. The summed E-state index contributed by atoms with van der Waals surface area (Å²) in [6.07, 6.45) is 2.70.